The van der Waals surface area contributed by atoms with Gasteiger partial charge in [-0.3, -0.25) is 0 Å². The van der Waals surface area contributed by atoms with Gasteiger partial charge in [0, 0.05) is 7.14 Å². The van der Waals surface area contributed by atoms with Gasteiger partial charge in [0.15, 0.2) is 0 Å². The van der Waals surface area contributed by atoms with E-state index >= 15 is 0 Å². The summed E-state index contributed by atoms with van der Waals surface area (Å²) in [6.45, 7) is 0. The average Bonchev–Trinajstić information content (AvgIpc) is 2.04. The zero-order valence-electron chi connectivity index (χ0n) is 6.33. The minimum absolute atomic E-state index is 0.297. The molecule has 78 valence electrons. The van der Waals surface area contributed by atoms with E-state index in [1.807, 2.05) is 22.6 Å². The summed E-state index contributed by atoms with van der Waals surface area (Å²) in [5, 5.41) is 0. The van der Waals surface area contributed by atoms with Crippen LogP contribution in [-0.4, -0.2) is 5.51 Å². The van der Waals surface area contributed by atoms with Gasteiger partial charge < -0.3 is 0 Å². The van der Waals surface area contributed by atoms with E-state index in [9.17, 15) is 17.6 Å². The van der Waals surface area contributed by atoms with Gasteiger partial charge in [-0.1, -0.05) is 0 Å². The Morgan fingerprint density at radius 2 is 1.71 bits per heavy atom. The molecule has 0 saturated carbocycles. The second-order valence-corrected chi connectivity index (χ2v) is 5.54. The molecule has 0 aliphatic heterocycles. The normalized spacial score (nSPS) is 11.9. The predicted molar refractivity (Wildman–Crippen MR) is 63.7 cm³/mol. The van der Waals surface area contributed by atoms with E-state index < -0.39 is 23.1 Å². The third kappa shape index (κ3) is 3.40. The van der Waals surface area contributed by atoms with Crippen molar-refractivity contribution in [1.29, 1.82) is 0 Å². The summed E-state index contributed by atoms with van der Waals surface area (Å²) in [4.78, 5) is -0.356. The zero-order valence-corrected chi connectivity index (χ0v) is 11.5. The standard InChI is InChI=1S/C7H2F4I2S/c8-3-1-2-4(12)5(13)6(3)14-7(9,10)11/h1-2H. The molecule has 1 rings (SSSR count). The monoisotopic (exact) mass is 448 g/mol. The van der Waals surface area contributed by atoms with E-state index in [0.717, 1.165) is 6.07 Å². The van der Waals surface area contributed by atoms with Gasteiger partial charge in [-0.25, -0.2) is 4.39 Å². The maximum Gasteiger partial charge on any atom is 0.446 e. The molecule has 0 aromatic heterocycles. The minimum atomic E-state index is -4.45. The first kappa shape index (κ1) is 12.8. The van der Waals surface area contributed by atoms with Crippen molar-refractivity contribution in [2.45, 2.75) is 10.4 Å². The highest BCUT2D eigenvalue weighted by molar-refractivity contribution is 14.1. The van der Waals surface area contributed by atoms with Crippen molar-refractivity contribution < 1.29 is 17.6 Å². The number of hydrogen-bond acceptors (Lipinski definition) is 1. The lowest BCUT2D eigenvalue weighted by atomic mass is 10.3. The van der Waals surface area contributed by atoms with Crippen LogP contribution in [-0.2, 0) is 0 Å². The molecular formula is C7H2F4I2S. The second kappa shape index (κ2) is 4.73. The Morgan fingerprint density at radius 3 is 2.21 bits per heavy atom. The number of halogens is 6. The topological polar surface area (TPSA) is 0 Å². The zero-order chi connectivity index (χ0) is 10.9. The SMILES string of the molecule is Fc1ccc(I)c(I)c1SC(F)(F)F. The summed E-state index contributed by atoms with van der Waals surface area (Å²) >= 11 is 3.15. The van der Waals surface area contributed by atoms with Crippen LogP contribution in [0, 0.1) is 13.0 Å². The van der Waals surface area contributed by atoms with Crippen LogP contribution in [0.15, 0.2) is 17.0 Å². The fraction of sp³-hybridized carbons (Fsp3) is 0.143. The summed E-state index contributed by atoms with van der Waals surface area (Å²) in [7, 11) is 0. The van der Waals surface area contributed by atoms with Crippen LogP contribution in [0.4, 0.5) is 17.6 Å². The molecule has 1 aromatic carbocycles. The van der Waals surface area contributed by atoms with Crippen LogP contribution >= 0.6 is 56.9 Å². The molecule has 0 heterocycles. The van der Waals surface area contributed by atoms with Gasteiger partial charge in [0.1, 0.15) is 5.82 Å². The molecule has 0 fully saturated rings. The van der Waals surface area contributed by atoms with Crippen molar-refractivity contribution in [3.8, 4) is 0 Å². The number of rotatable bonds is 1. The highest BCUT2D eigenvalue weighted by atomic mass is 127. The molecule has 0 aliphatic rings. The first-order valence-corrected chi connectivity index (χ1v) is 6.18. The average molecular weight is 448 g/mol. The van der Waals surface area contributed by atoms with Crippen molar-refractivity contribution in [3.63, 3.8) is 0 Å². The van der Waals surface area contributed by atoms with Crippen LogP contribution < -0.4 is 0 Å². The second-order valence-electron chi connectivity index (χ2n) is 2.22. The molecule has 0 aliphatic carbocycles. The molecule has 0 nitrogen and oxygen atoms in total. The fourth-order valence-corrected chi connectivity index (χ4v) is 2.71. The molecule has 14 heavy (non-hydrogen) atoms. The quantitative estimate of drug-likeness (QED) is 0.261. The van der Waals surface area contributed by atoms with Gasteiger partial charge in [0.05, 0.1) is 4.90 Å². The van der Waals surface area contributed by atoms with Gasteiger partial charge in [0.25, 0.3) is 0 Å². The van der Waals surface area contributed by atoms with Crippen LogP contribution in [0.2, 0.25) is 0 Å². The Hall–Kier alpha value is 0.750. The summed E-state index contributed by atoms with van der Waals surface area (Å²) in [5.74, 6) is -0.836. The maximum atomic E-state index is 13.0. The number of alkyl halides is 3. The van der Waals surface area contributed by atoms with Crippen LogP contribution in [0.25, 0.3) is 0 Å². The summed E-state index contributed by atoms with van der Waals surface area (Å²) in [6, 6.07) is 2.48. The molecule has 0 atom stereocenters. The predicted octanol–water partition coefficient (Wildman–Crippen LogP) is 4.65. The fourth-order valence-electron chi connectivity index (χ4n) is 0.718. The van der Waals surface area contributed by atoms with Gasteiger partial charge >= 0.3 is 5.51 Å². The summed E-state index contributed by atoms with van der Waals surface area (Å²) in [6.07, 6.45) is 0. The van der Waals surface area contributed by atoms with Crippen molar-refractivity contribution >= 4 is 56.9 Å². The van der Waals surface area contributed by atoms with E-state index in [2.05, 4.69) is 0 Å². The Bertz CT molecular complexity index is 350. The highest BCUT2D eigenvalue weighted by Gasteiger charge is 2.32. The van der Waals surface area contributed by atoms with E-state index in [1.54, 1.807) is 22.6 Å². The van der Waals surface area contributed by atoms with E-state index in [0.29, 0.717) is 7.14 Å². The Morgan fingerprint density at radius 1 is 1.14 bits per heavy atom. The largest absolute Gasteiger partial charge is 0.446 e. The summed E-state index contributed by atoms with van der Waals surface area (Å²) < 4.78 is 50.0. The first-order chi connectivity index (χ1) is 6.31. The molecule has 7 heteroatoms. The van der Waals surface area contributed by atoms with Gasteiger partial charge in [-0.15, -0.1) is 0 Å². The van der Waals surface area contributed by atoms with Crippen molar-refractivity contribution in [2.24, 2.45) is 0 Å². The van der Waals surface area contributed by atoms with Crippen molar-refractivity contribution in [1.82, 2.24) is 0 Å². The van der Waals surface area contributed by atoms with Gasteiger partial charge in [-0.2, -0.15) is 13.2 Å². The third-order valence-electron chi connectivity index (χ3n) is 1.22. The lowest BCUT2D eigenvalue weighted by Crippen LogP contribution is -2.02. The van der Waals surface area contributed by atoms with Crippen LogP contribution in [0.3, 0.4) is 0 Å². The smallest absolute Gasteiger partial charge is 0.206 e. The molecule has 0 bridgehead atoms. The van der Waals surface area contributed by atoms with E-state index in [4.69, 9.17) is 0 Å². The first-order valence-electron chi connectivity index (χ1n) is 3.20. The molecule has 1 aromatic rings. The molecular weight excluding hydrogens is 446 g/mol. The Balaban J connectivity index is 3.13. The Labute approximate surface area is 109 Å². The van der Waals surface area contributed by atoms with Crippen LogP contribution in [0.5, 0.6) is 0 Å². The van der Waals surface area contributed by atoms with E-state index in [-0.39, 0.29) is 4.90 Å². The third-order valence-corrected chi connectivity index (χ3v) is 5.47. The molecule has 0 unspecified atom stereocenters. The molecule has 0 amide bonds. The highest BCUT2D eigenvalue weighted by Crippen LogP contribution is 2.41. The number of thioether (sulfide) groups is 1. The van der Waals surface area contributed by atoms with Gasteiger partial charge in [0.2, 0.25) is 0 Å². The molecule has 0 radical (unpaired) electrons. The number of benzene rings is 1. The number of hydrogen-bond donors (Lipinski definition) is 0. The molecule has 0 saturated heterocycles. The maximum absolute atomic E-state index is 13.0. The van der Waals surface area contributed by atoms with Crippen LogP contribution in [0.1, 0.15) is 0 Å². The molecule has 0 spiro atoms. The van der Waals surface area contributed by atoms with Gasteiger partial charge in [-0.05, 0) is 69.1 Å². The van der Waals surface area contributed by atoms with Crippen molar-refractivity contribution in [2.75, 3.05) is 0 Å². The lowest BCUT2D eigenvalue weighted by molar-refractivity contribution is -0.0329. The summed E-state index contributed by atoms with van der Waals surface area (Å²) in [5.41, 5.74) is -4.45. The van der Waals surface area contributed by atoms with E-state index in [1.165, 1.54) is 6.07 Å². The Kier molecular flexibility index (Phi) is 4.33. The lowest BCUT2D eigenvalue weighted by Gasteiger charge is -2.09. The van der Waals surface area contributed by atoms with Crippen molar-refractivity contribution in [3.05, 3.63) is 25.1 Å². The minimum Gasteiger partial charge on any atom is -0.206 e. The molecule has 0 N–H and O–H groups in total.